The Kier molecular flexibility index (Phi) is 3.89. The number of aldehydes is 1. The largest absolute Gasteiger partial charge is 0.348 e. The number of hydrogen-bond donors (Lipinski definition) is 0. The number of carbonyl (C=O) groups excluding carboxylic acids is 1. The van der Waals surface area contributed by atoms with Crippen LogP contribution in [0.15, 0.2) is 12.1 Å². The first-order valence-corrected chi connectivity index (χ1v) is 5.34. The summed E-state index contributed by atoms with van der Waals surface area (Å²) in [7, 11) is 0. The lowest BCUT2D eigenvalue weighted by Crippen LogP contribution is -2.07. The fourth-order valence-electron chi connectivity index (χ4n) is 1.79. The SMILES string of the molecule is Cc1cc(/C=C/C=O)c(C)n1CC(C)C. The molecular weight excluding hydrogens is 186 g/mol. The number of hydrogen-bond acceptors (Lipinski definition) is 1. The van der Waals surface area contributed by atoms with Crippen molar-refractivity contribution < 1.29 is 4.79 Å². The lowest BCUT2D eigenvalue weighted by atomic mass is 10.2. The zero-order valence-electron chi connectivity index (χ0n) is 9.95. The molecule has 0 aliphatic heterocycles. The van der Waals surface area contributed by atoms with Gasteiger partial charge in [-0.3, -0.25) is 4.79 Å². The van der Waals surface area contributed by atoms with Crippen LogP contribution in [0.2, 0.25) is 0 Å². The van der Waals surface area contributed by atoms with Gasteiger partial charge in [0.25, 0.3) is 0 Å². The molecule has 0 saturated heterocycles. The number of allylic oxidation sites excluding steroid dienone is 1. The van der Waals surface area contributed by atoms with Gasteiger partial charge in [0.2, 0.25) is 0 Å². The van der Waals surface area contributed by atoms with E-state index < -0.39 is 0 Å². The molecule has 0 bridgehead atoms. The Hall–Kier alpha value is -1.31. The molecule has 0 aromatic carbocycles. The Morgan fingerprint density at radius 3 is 2.60 bits per heavy atom. The van der Waals surface area contributed by atoms with E-state index in [9.17, 15) is 4.79 Å². The third-order valence-electron chi connectivity index (χ3n) is 2.51. The maximum Gasteiger partial charge on any atom is 0.142 e. The molecule has 0 amide bonds. The molecule has 1 aromatic rings. The molecular formula is C13H19NO. The molecule has 0 N–H and O–H groups in total. The van der Waals surface area contributed by atoms with Gasteiger partial charge in [-0.05, 0) is 43.5 Å². The van der Waals surface area contributed by atoms with Crippen molar-refractivity contribution in [2.75, 3.05) is 0 Å². The van der Waals surface area contributed by atoms with Crippen LogP contribution in [0.25, 0.3) is 6.08 Å². The second kappa shape index (κ2) is 4.96. The Balaban J connectivity index is 3.02. The third kappa shape index (κ3) is 2.82. The van der Waals surface area contributed by atoms with Crippen LogP contribution in [0.4, 0.5) is 0 Å². The van der Waals surface area contributed by atoms with Gasteiger partial charge >= 0.3 is 0 Å². The molecule has 2 heteroatoms. The first kappa shape index (κ1) is 11.8. The van der Waals surface area contributed by atoms with Gasteiger partial charge in [0.05, 0.1) is 0 Å². The first-order valence-electron chi connectivity index (χ1n) is 5.34. The molecule has 0 spiro atoms. The van der Waals surface area contributed by atoms with E-state index in [1.807, 2.05) is 6.08 Å². The van der Waals surface area contributed by atoms with Gasteiger partial charge in [0.1, 0.15) is 6.29 Å². The Bertz CT molecular complexity index is 372. The van der Waals surface area contributed by atoms with Crippen molar-refractivity contribution in [2.24, 2.45) is 5.92 Å². The van der Waals surface area contributed by atoms with Crippen LogP contribution in [0.3, 0.4) is 0 Å². The molecule has 2 nitrogen and oxygen atoms in total. The summed E-state index contributed by atoms with van der Waals surface area (Å²) >= 11 is 0. The summed E-state index contributed by atoms with van der Waals surface area (Å²) < 4.78 is 2.30. The minimum atomic E-state index is 0.637. The van der Waals surface area contributed by atoms with Crippen molar-refractivity contribution in [3.05, 3.63) is 29.1 Å². The summed E-state index contributed by atoms with van der Waals surface area (Å²) in [5.41, 5.74) is 3.63. The van der Waals surface area contributed by atoms with Gasteiger partial charge in [0.15, 0.2) is 0 Å². The second-order valence-electron chi connectivity index (χ2n) is 4.33. The van der Waals surface area contributed by atoms with Gasteiger partial charge in [0, 0.05) is 17.9 Å². The summed E-state index contributed by atoms with van der Waals surface area (Å²) in [5.74, 6) is 0.637. The number of nitrogens with zero attached hydrogens (tertiary/aromatic N) is 1. The van der Waals surface area contributed by atoms with Gasteiger partial charge in [-0.15, -0.1) is 0 Å². The predicted octanol–water partition coefficient (Wildman–Crippen LogP) is 2.97. The fraction of sp³-hybridized carbons (Fsp3) is 0.462. The van der Waals surface area contributed by atoms with Crippen molar-refractivity contribution >= 4 is 12.4 Å². The van der Waals surface area contributed by atoms with Gasteiger partial charge in [-0.25, -0.2) is 0 Å². The van der Waals surface area contributed by atoms with E-state index in [1.165, 1.54) is 11.4 Å². The molecule has 0 aliphatic rings. The minimum absolute atomic E-state index is 0.637. The number of aromatic nitrogens is 1. The van der Waals surface area contributed by atoms with Gasteiger partial charge in [-0.1, -0.05) is 13.8 Å². The zero-order valence-corrected chi connectivity index (χ0v) is 9.95. The van der Waals surface area contributed by atoms with E-state index in [2.05, 4.69) is 38.3 Å². The van der Waals surface area contributed by atoms with E-state index in [1.54, 1.807) is 6.08 Å². The molecule has 0 fully saturated rings. The van der Waals surface area contributed by atoms with Crippen LogP contribution in [0.1, 0.15) is 30.8 Å². The van der Waals surface area contributed by atoms with Crippen molar-refractivity contribution in [1.82, 2.24) is 4.57 Å². The molecule has 1 aromatic heterocycles. The van der Waals surface area contributed by atoms with E-state index >= 15 is 0 Å². The van der Waals surface area contributed by atoms with E-state index in [4.69, 9.17) is 0 Å². The first-order chi connectivity index (χ1) is 7.06. The van der Waals surface area contributed by atoms with Crippen molar-refractivity contribution in [1.29, 1.82) is 0 Å². The highest BCUT2D eigenvalue weighted by molar-refractivity contribution is 5.74. The summed E-state index contributed by atoms with van der Waals surface area (Å²) in [6.07, 6.45) is 4.22. The van der Waals surface area contributed by atoms with Crippen molar-refractivity contribution in [2.45, 2.75) is 34.2 Å². The van der Waals surface area contributed by atoms with E-state index in [-0.39, 0.29) is 0 Å². The molecule has 0 saturated carbocycles. The highest BCUT2D eigenvalue weighted by Gasteiger charge is 2.07. The topological polar surface area (TPSA) is 22.0 Å². The average Bonchev–Trinajstić information content (AvgIpc) is 2.42. The van der Waals surface area contributed by atoms with E-state index in [0.29, 0.717) is 5.92 Å². The summed E-state index contributed by atoms with van der Waals surface area (Å²) in [5, 5.41) is 0. The molecule has 0 atom stereocenters. The monoisotopic (exact) mass is 205 g/mol. The molecule has 0 radical (unpaired) electrons. The number of carbonyl (C=O) groups is 1. The fourth-order valence-corrected chi connectivity index (χ4v) is 1.79. The highest BCUT2D eigenvalue weighted by Crippen LogP contribution is 2.17. The molecule has 15 heavy (non-hydrogen) atoms. The Labute approximate surface area is 91.6 Å². The smallest absolute Gasteiger partial charge is 0.142 e. The zero-order chi connectivity index (χ0) is 11.4. The normalized spacial score (nSPS) is 11.5. The predicted molar refractivity (Wildman–Crippen MR) is 63.8 cm³/mol. The third-order valence-corrected chi connectivity index (χ3v) is 2.51. The van der Waals surface area contributed by atoms with Crippen LogP contribution < -0.4 is 0 Å². The van der Waals surface area contributed by atoms with Crippen LogP contribution >= 0.6 is 0 Å². The standard InChI is InChI=1S/C13H19NO/c1-10(2)9-14-11(3)8-13(12(14)4)6-5-7-15/h5-8,10H,9H2,1-4H3/b6-5+. The second-order valence-corrected chi connectivity index (χ2v) is 4.33. The molecule has 82 valence electrons. The number of aryl methyl sites for hydroxylation is 1. The Morgan fingerprint density at radius 1 is 1.40 bits per heavy atom. The Morgan fingerprint density at radius 2 is 2.07 bits per heavy atom. The summed E-state index contributed by atoms with van der Waals surface area (Å²) in [4.78, 5) is 10.3. The lowest BCUT2D eigenvalue weighted by Gasteiger charge is -2.11. The van der Waals surface area contributed by atoms with E-state index in [0.717, 1.165) is 18.4 Å². The summed E-state index contributed by atoms with van der Waals surface area (Å²) in [6.45, 7) is 9.65. The average molecular weight is 205 g/mol. The van der Waals surface area contributed by atoms with Crippen LogP contribution in [-0.2, 0) is 11.3 Å². The quantitative estimate of drug-likeness (QED) is 0.547. The molecule has 0 aliphatic carbocycles. The van der Waals surface area contributed by atoms with Gasteiger partial charge < -0.3 is 4.57 Å². The van der Waals surface area contributed by atoms with Crippen LogP contribution in [-0.4, -0.2) is 10.9 Å². The highest BCUT2D eigenvalue weighted by atomic mass is 16.1. The van der Waals surface area contributed by atoms with Crippen LogP contribution in [0.5, 0.6) is 0 Å². The summed E-state index contributed by atoms with van der Waals surface area (Å²) in [6, 6.07) is 2.12. The van der Waals surface area contributed by atoms with Crippen LogP contribution in [0, 0.1) is 19.8 Å². The van der Waals surface area contributed by atoms with Crippen molar-refractivity contribution in [3.8, 4) is 0 Å². The minimum Gasteiger partial charge on any atom is -0.348 e. The van der Waals surface area contributed by atoms with Crippen molar-refractivity contribution in [3.63, 3.8) is 0 Å². The molecule has 0 unspecified atom stereocenters. The number of rotatable bonds is 4. The molecule has 1 rings (SSSR count). The maximum atomic E-state index is 10.3. The lowest BCUT2D eigenvalue weighted by molar-refractivity contribution is -0.104. The maximum absolute atomic E-state index is 10.3. The molecule has 1 heterocycles. The van der Waals surface area contributed by atoms with Gasteiger partial charge in [-0.2, -0.15) is 0 Å².